The van der Waals surface area contributed by atoms with Crippen molar-refractivity contribution >= 4 is 35.0 Å². The van der Waals surface area contributed by atoms with Gasteiger partial charge in [0.05, 0.1) is 41.3 Å². The van der Waals surface area contributed by atoms with Gasteiger partial charge in [-0.1, -0.05) is 57.0 Å². The Morgan fingerprint density at radius 1 is 0.956 bits per heavy atom. The zero-order valence-electron chi connectivity index (χ0n) is 25.7. The molecule has 4 heterocycles. The smallest absolute Gasteiger partial charge is 0.254 e. The molecular weight excluding hydrogens is 604 g/mol. The lowest BCUT2D eigenvalue weighted by Crippen LogP contribution is -2.27. The summed E-state index contributed by atoms with van der Waals surface area (Å²) < 4.78 is 3.39. The molecular formula is C35H35ClN6O2S. The number of benzene rings is 2. The highest BCUT2D eigenvalue weighted by Crippen LogP contribution is 2.36. The number of carbonyl (C=O) groups excluding carboxylic acids is 1. The molecule has 0 fully saturated rings. The molecule has 3 aromatic heterocycles. The molecule has 2 bridgehead atoms. The normalized spacial score (nSPS) is 16.9. The number of hydrogen-bond acceptors (Lipinski definition) is 6. The molecule has 1 aliphatic rings. The summed E-state index contributed by atoms with van der Waals surface area (Å²) in [4.78, 5) is 37.6. The van der Waals surface area contributed by atoms with Crippen molar-refractivity contribution in [3.8, 4) is 33.6 Å². The van der Waals surface area contributed by atoms with Gasteiger partial charge in [0.15, 0.2) is 0 Å². The summed E-state index contributed by atoms with van der Waals surface area (Å²) >= 11 is 8.27. The molecule has 0 spiro atoms. The van der Waals surface area contributed by atoms with Gasteiger partial charge in [-0.2, -0.15) is 5.10 Å². The summed E-state index contributed by atoms with van der Waals surface area (Å²) in [6, 6.07) is 19.2. The third-order valence-electron chi connectivity index (χ3n) is 8.12. The van der Waals surface area contributed by atoms with Gasteiger partial charge in [0.25, 0.3) is 5.56 Å². The van der Waals surface area contributed by atoms with Crippen LogP contribution >= 0.6 is 23.4 Å². The second-order valence-electron chi connectivity index (χ2n) is 11.7. The topological polar surface area (TPSA) is 94.7 Å². The van der Waals surface area contributed by atoms with Crippen molar-refractivity contribution in [2.75, 3.05) is 5.32 Å². The van der Waals surface area contributed by atoms with Crippen molar-refractivity contribution in [2.24, 2.45) is 13.0 Å². The molecule has 2 aromatic carbocycles. The molecule has 1 aliphatic heterocycles. The summed E-state index contributed by atoms with van der Waals surface area (Å²) in [5.74, 6) is -0.259. The summed E-state index contributed by atoms with van der Waals surface area (Å²) in [7, 11) is 1.84. The highest BCUT2D eigenvalue weighted by molar-refractivity contribution is 7.99. The quantitative estimate of drug-likeness (QED) is 0.197. The van der Waals surface area contributed by atoms with Gasteiger partial charge >= 0.3 is 0 Å². The number of amides is 1. The summed E-state index contributed by atoms with van der Waals surface area (Å²) in [5.41, 5.74) is 6.16. The number of hydrogen-bond donors (Lipinski definition) is 1. The number of nitrogens with zero attached hydrogens (tertiary/aromatic N) is 5. The second-order valence-corrected chi connectivity index (χ2v) is 13.8. The number of pyridine rings is 1. The first kappa shape index (κ1) is 30.8. The monoisotopic (exact) mass is 638 g/mol. The minimum atomic E-state index is -0.366. The van der Waals surface area contributed by atoms with E-state index in [0.29, 0.717) is 34.5 Å². The average molecular weight is 639 g/mol. The number of fused-ring (bicyclic) bond motifs is 4. The predicted molar refractivity (Wildman–Crippen MR) is 182 cm³/mol. The van der Waals surface area contributed by atoms with E-state index >= 15 is 0 Å². The Morgan fingerprint density at radius 3 is 2.51 bits per heavy atom. The number of carbonyl (C=O) groups is 1. The first-order chi connectivity index (χ1) is 21.7. The SMILES string of the molecule is CC(C)Sc1ccc(-c2ccc(Cl)cc2-c2cc(=O)n([C@H]3CCC[C@@H](C)C(=O)Nc4cnn(C)c4-c4ccnc3c4)cn2)cc1. The van der Waals surface area contributed by atoms with E-state index < -0.39 is 0 Å². The number of aryl methyl sites for hydroxylation is 1. The maximum absolute atomic E-state index is 13.9. The number of nitrogens with one attached hydrogen (secondary N) is 1. The van der Waals surface area contributed by atoms with Crippen LogP contribution in [0.3, 0.4) is 0 Å². The Balaban J connectivity index is 1.40. The first-order valence-electron chi connectivity index (χ1n) is 15.1. The number of anilines is 1. The van der Waals surface area contributed by atoms with Gasteiger partial charge in [-0.3, -0.25) is 23.8 Å². The maximum atomic E-state index is 13.9. The van der Waals surface area contributed by atoms with Crippen LogP contribution < -0.4 is 10.9 Å². The van der Waals surface area contributed by atoms with Crippen molar-refractivity contribution in [3.63, 3.8) is 0 Å². The molecule has 10 heteroatoms. The molecule has 230 valence electrons. The molecule has 0 saturated heterocycles. The summed E-state index contributed by atoms with van der Waals surface area (Å²) in [6.45, 7) is 6.27. The first-order valence-corrected chi connectivity index (χ1v) is 16.4. The van der Waals surface area contributed by atoms with Gasteiger partial charge in [0.2, 0.25) is 5.91 Å². The van der Waals surface area contributed by atoms with Crippen LogP contribution in [0.5, 0.6) is 0 Å². The molecule has 1 amide bonds. The van der Waals surface area contributed by atoms with Crippen LogP contribution in [0.15, 0.2) is 89.1 Å². The van der Waals surface area contributed by atoms with Crippen molar-refractivity contribution in [3.05, 3.63) is 100 Å². The molecule has 8 nitrogen and oxygen atoms in total. The number of halogens is 1. The van der Waals surface area contributed by atoms with Crippen LogP contribution in [-0.4, -0.2) is 35.5 Å². The molecule has 1 N–H and O–H groups in total. The Hall–Kier alpha value is -4.21. The second kappa shape index (κ2) is 13.0. The van der Waals surface area contributed by atoms with Crippen LogP contribution in [-0.2, 0) is 11.8 Å². The predicted octanol–water partition coefficient (Wildman–Crippen LogP) is 7.87. The van der Waals surface area contributed by atoms with Gasteiger partial charge in [-0.15, -0.1) is 11.8 Å². The fourth-order valence-electron chi connectivity index (χ4n) is 5.84. The molecule has 0 aliphatic carbocycles. The lowest BCUT2D eigenvalue weighted by molar-refractivity contribution is -0.119. The van der Waals surface area contributed by atoms with Gasteiger partial charge < -0.3 is 5.32 Å². The van der Waals surface area contributed by atoms with Crippen LogP contribution in [0.4, 0.5) is 5.69 Å². The number of aromatic nitrogens is 5. The molecule has 6 rings (SSSR count). The standard InChI is InChI=1S/C35H35ClN6O2S/c1-21(2)45-26-11-8-23(9-12-26)27-13-10-25(36)17-28(27)29-18-33(43)42(20-38-29)32-7-5-6-22(3)35(44)40-31-19-39-41(4)34(31)24-14-15-37-30(32)16-24/h8-22,32H,5-7H2,1-4H3,(H,40,44)/t22-,32+/m1/s1. The Kier molecular flexibility index (Phi) is 8.92. The summed E-state index contributed by atoms with van der Waals surface area (Å²) in [6.07, 6.45) is 7.03. The van der Waals surface area contributed by atoms with Gasteiger partial charge in [0.1, 0.15) is 0 Å². The van der Waals surface area contributed by atoms with E-state index in [1.165, 1.54) is 4.90 Å². The van der Waals surface area contributed by atoms with Gasteiger partial charge in [-0.25, -0.2) is 4.98 Å². The van der Waals surface area contributed by atoms with Crippen LogP contribution in [0.2, 0.25) is 5.02 Å². The van der Waals surface area contributed by atoms with E-state index in [1.54, 1.807) is 34.0 Å². The Labute approximate surface area is 271 Å². The highest BCUT2D eigenvalue weighted by Gasteiger charge is 2.24. The van der Waals surface area contributed by atoms with Gasteiger partial charge in [-0.05, 0) is 60.4 Å². The largest absolute Gasteiger partial charge is 0.323 e. The lowest BCUT2D eigenvalue weighted by Gasteiger charge is -2.22. The highest BCUT2D eigenvalue weighted by atomic mass is 35.5. The molecule has 0 unspecified atom stereocenters. The Bertz CT molecular complexity index is 1920. The minimum Gasteiger partial charge on any atom is -0.323 e. The number of thioether (sulfide) groups is 1. The van der Waals surface area contributed by atoms with E-state index in [9.17, 15) is 9.59 Å². The van der Waals surface area contributed by atoms with E-state index in [2.05, 4.69) is 48.5 Å². The van der Waals surface area contributed by atoms with E-state index in [-0.39, 0.29) is 23.4 Å². The average Bonchev–Trinajstić information content (AvgIpc) is 3.38. The maximum Gasteiger partial charge on any atom is 0.254 e. The zero-order valence-corrected chi connectivity index (χ0v) is 27.3. The third kappa shape index (κ3) is 6.60. The molecule has 5 aromatic rings. The van der Waals surface area contributed by atoms with Crippen LogP contribution in [0.25, 0.3) is 33.6 Å². The van der Waals surface area contributed by atoms with Gasteiger partial charge in [0, 0.05) is 51.5 Å². The van der Waals surface area contributed by atoms with Crippen molar-refractivity contribution < 1.29 is 4.79 Å². The molecule has 0 saturated carbocycles. The fourth-order valence-corrected chi connectivity index (χ4v) is 6.85. The van der Waals surface area contributed by atoms with Crippen LogP contribution in [0.1, 0.15) is 51.8 Å². The molecule has 45 heavy (non-hydrogen) atoms. The lowest BCUT2D eigenvalue weighted by atomic mass is 9.96. The van der Waals surface area contributed by atoms with Crippen molar-refractivity contribution in [1.82, 2.24) is 24.3 Å². The third-order valence-corrected chi connectivity index (χ3v) is 9.37. The van der Waals surface area contributed by atoms with E-state index in [1.807, 2.05) is 56.1 Å². The Morgan fingerprint density at radius 2 is 1.76 bits per heavy atom. The zero-order chi connectivity index (χ0) is 31.7. The molecule has 0 radical (unpaired) electrons. The summed E-state index contributed by atoms with van der Waals surface area (Å²) in [5, 5.41) is 8.49. The molecule has 2 atom stereocenters. The van der Waals surface area contributed by atoms with E-state index in [4.69, 9.17) is 21.6 Å². The van der Waals surface area contributed by atoms with E-state index in [0.717, 1.165) is 40.1 Å². The van der Waals surface area contributed by atoms with Crippen molar-refractivity contribution in [2.45, 2.75) is 56.2 Å². The fraction of sp³-hybridized carbons (Fsp3) is 0.286. The van der Waals surface area contributed by atoms with Crippen molar-refractivity contribution in [1.29, 1.82) is 0 Å². The minimum absolute atomic E-state index is 0.0514. The van der Waals surface area contributed by atoms with Crippen LogP contribution in [0, 0.1) is 5.92 Å². The number of rotatable bonds is 5.